The first-order chi connectivity index (χ1) is 4.70. The third kappa shape index (κ3) is 2.15. The van der Waals surface area contributed by atoms with Gasteiger partial charge in [-0.3, -0.25) is 4.90 Å². The lowest BCUT2D eigenvalue weighted by Crippen LogP contribution is -2.50. The molecule has 60 valence electrons. The topological polar surface area (TPSA) is 15.3 Å². The lowest BCUT2D eigenvalue weighted by Gasteiger charge is -2.34. The van der Waals surface area contributed by atoms with Gasteiger partial charge < -0.3 is 5.32 Å². The van der Waals surface area contributed by atoms with Crippen LogP contribution in [0.1, 0.15) is 13.8 Å². The number of hydrogen-bond donors (Lipinski definition) is 2. The van der Waals surface area contributed by atoms with E-state index in [1.54, 1.807) is 0 Å². The molecule has 1 N–H and O–H groups in total. The van der Waals surface area contributed by atoms with Gasteiger partial charge >= 0.3 is 0 Å². The predicted molar refractivity (Wildman–Crippen MR) is 47.5 cm³/mol. The third-order valence-electron chi connectivity index (χ3n) is 1.93. The molecule has 2 nitrogen and oxygen atoms in total. The van der Waals surface area contributed by atoms with Crippen molar-refractivity contribution in [2.45, 2.75) is 25.3 Å². The standard InChI is InChI=1S/C7H16N2S/c1-6-5-9(7(2)10)4-3-8-6/h6-8,10H,3-5H2,1-2H3. The van der Waals surface area contributed by atoms with Crippen molar-refractivity contribution >= 4 is 12.6 Å². The Morgan fingerprint density at radius 1 is 1.70 bits per heavy atom. The van der Waals surface area contributed by atoms with Crippen LogP contribution < -0.4 is 5.32 Å². The molecule has 1 rings (SSSR count). The molecular formula is C7H16N2S. The molecule has 0 amide bonds. The van der Waals surface area contributed by atoms with Crippen molar-refractivity contribution in [2.75, 3.05) is 19.6 Å². The van der Waals surface area contributed by atoms with E-state index in [1.165, 1.54) is 0 Å². The van der Waals surface area contributed by atoms with Crippen molar-refractivity contribution in [3.63, 3.8) is 0 Å². The summed E-state index contributed by atoms with van der Waals surface area (Å²) in [5.41, 5.74) is 0. The minimum absolute atomic E-state index is 0.407. The van der Waals surface area contributed by atoms with E-state index >= 15 is 0 Å². The first kappa shape index (κ1) is 8.37. The molecule has 1 fully saturated rings. The van der Waals surface area contributed by atoms with Gasteiger partial charge in [-0.15, -0.1) is 0 Å². The van der Waals surface area contributed by atoms with Crippen molar-refractivity contribution in [1.29, 1.82) is 0 Å². The first-order valence-corrected chi connectivity index (χ1v) is 4.37. The highest BCUT2D eigenvalue weighted by Crippen LogP contribution is 2.06. The van der Waals surface area contributed by atoms with Gasteiger partial charge in [0, 0.05) is 31.0 Å². The SMILES string of the molecule is CC1CN(C(C)S)CCN1. The highest BCUT2D eigenvalue weighted by atomic mass is 32.1. The number of thiol groups is 1. The Morgan fingerprint density at radius 2 is 2.40 bits per heavy atom. The molecular weight excluding hydrogens is 144 g/mol. The van der Waals surface area contributed by atoms with Gasteiger partial charge in [0.2, 0.25) is 0 Å². The molecule has 2 atom stereocenters. The van der Waals surface area contributed by atoms with Gasteiger partial charge in [-0.25, -0.2) is 0 Å². The molecule has 0 aromatic carbocycles. The molecule has 0 spiro atoms. The Kier molecular flexibility index (Phi) is 3.01. The van der Waals surface area contributed by atoms with Gasteiger partial charge in [-0.1, -0.05) is 0 Å². The van der Waals surface area contributed by atoms with E-state index in [0.717, 1.165) is 19.6 Å². The molecule has 1 aliphatic rings. The summed E-state index contributed by atoms with van der Waals surface area (Å²) >= 11 is 4.38. The molecule has 10 heavy (non-hydrogen) atoms. The Bertz CT molecular complexity index is 106. The highest BCUT2D eigenvalue weighted by Gasteiger charge is 2.17. The maximum atomic E-state index is 4.38. The molecule has 1 heterocycles. The quantitative estimate of drug-likeness (QED) is 0.545. The van der Waals surface area contributed by atoms with Gasteiger partial charge in [0.05, 0.1) is 0 Å². The van der Waals surface area contributed by atoms with Crippen molar-refractivity contribution in [3.05, 3.63) is 0 Å². The van der Waals surface area contributed by atoms with Crippen molar-refractivity contribution in [3.8, 4) is 0 Å². The largest absolute Gasteiger partial charge is 0.312 e. The fraction of sp³-hybridized carbons (Fsp3) is 1.00. The van der Waals surface area contributed by atoms with Crippen LogP contribution in [0.2, 0.25) is 0 Å². The summed E-state index contributed by atoms with van der Waals surface area (Å²) in [5, 5.41) is 3.80. The summed E-state index contributed by atoms with van der Waals surface area (Å²) in [6, 6.07) is 0.628. The van der Waals surface area contributed by atoms with Crippen molar-refractivity contribution in [2.24, 2.45) is 0 Å². The zero-order valence-electron chi connectivity index (χ0n) is 6.67. The Hall–Kier alpha value is 0.270. The van der Waals surface area contributed by atoms with Crippen LogP contribution in [0.5, 0.6) is 0 Å². The minimum Gasteiger partial charge on any atom is -0.312 e. The molecule has 0 aliphatic carbocycles. The minimum atomic E-state index is 0.407. The summed E-state index contributed by atoms with van der Waals surface area (Å²) in [6.45, 7) is 7.70. The third-order valence-corrected chi connectivity index (χ3v) is 2.26. The zero-order valence-corrected chi connectivity index (χ0v) is 7.56. The van der Waals surface area contributed by atoms with E-state index < -0.39 is 0 Å². The van der Waals surface area contributed by atoms with Crippen LogP contribution in [0.3, 0.4) is 0 Å². The van der Waals surface area contributed by atoms with Gasteiger partial charge in [0.1, 0.15) is 0 Å². The van der Waals surface area contributed by atoms with Gasteiger partial charge in [-0.2, -0.15) is 12.6 Å². The Morgan fingerprint density at radius 3 is 2.80 bits per heavy atom. The normalized spacial score (nSPS) is 32.1. The monoisotopic (exact) mass is 160 g/mol. The molecule has 3 heteroatoms. The van der Waals surface area contributed by atoms with Crippen molar-refractivity contribution in [1.82, 2.24) is 10.2 Å². The number of piperazine rings is 1. The van der Waals surface area contributed by atoms with Gasteiger partial charge in [0.25, 0.3) is 0 Å². The van der Waals surface area contributed by atoms with E-state index in [2.05, 4.69) is 36.7 Å². The number of nitrogens with zero attached hydrogens (tertiary/aromatic N) is 1. The van der Waals surface area contributed by atoms with E-state index in [-0.39, 0.29) is 0 Å². The first-order valence-electron chi connectivity index (χ1n) is 3.85. The fourth-order valence-electron chi connectivity index (χ4n) is 1.30. The van der Waals surface area contributed by atoms with Gasteiger partial charge in [-0.05, 0) is 13.8 Å². The molecule has 0 aromatic rings. The molecule has 0 radical (unpaired) electrons. The van der Waals surface area contributed by atoms with E-state index in [1.807, 2.05) is 0 Å². The lowest BCUT2D eigenvalue weighted by atomic mass is 10.2. The number of rotatable bonds is 1. The predicted octanol–water partition coefficient (Wildman–Crippen LogP) is 0.556. The average Bonchev–Trinajstić information content (AvgIpc) is 1.88. The van der Waals surface area contributed by atoms with E-state index in [4.69, 9.17) is 0 Å². The number of hydrogen-bond acceptors (Lipinski definition) is 3. The van der Waals surface area contributed by atoms with Crippen LogP contribution in [0.4, 0.5) is 0 Å². The average molecular weight is 160 g/mol. The Balaban J connectivity index is 2.32. The maximum Gasteiger partial charge on any atom is 0.0500 e. The fourth-order valence-corrected chi connectivity index (χ4v) is 1.51. The lowest BCUT2D eigenvalue weighted by molar-refractivity contribution is 0.202. The van der Waals surface area contributed by atoms with E-state index in [9.17, 15) is 0 Å². The number of nitrogens with one attached hydrogen (secondary N) is 1. The van der Waals surface area contributed by atoms with Crippen LogP contribution >= 0.6 is 12.6 Å². The molecule has 0 aromatic heterocycles. The van der Waals surface area contributed by atoms with Crippen LogP contribution in [-0.2, 0) is 0 Å². The van der Waals surface area contributed by atoms with Crippen molar-refractivity contribution < 1.29 is 0 Å². The summed E-state index contributed by atoms with van der Waals surface area (Å²) in [6.07, 6.45) is 0. The summed E-state index contributed by atoms with van der Waals surface area (Å²) in [5.74, 6) is 0. The van der Waals surface area contributed by atoms with Gasteiger partial charge in [0.15, 0.2) is 0 Å². The second-order valence-corrected chi connectivity index (χ2v) is 3.73. The summed E-state index contributed by atoms with van der Waals surface area (Å²) in [4.78, 5) is 2.38. The van der Waals surface area contributed by atoms with Crippen LogP contribution in [0.15, 0.2) is 0 Å². The highest BCUT2D eigenvalue weighted by molar-refractivity contribution is 7.80. The second-order valence-electron chi connectivity index (χ2n) is 2.98. The second kappa shape index (κ2) is 3.60. The molecule has 1 saturated heterocycles. The molecule has 2 unspecified atom stereocenters. The molecule has 1 aliphatic heterocycles. The summed E-state index contributed by atoms with van der Waals surface area (Å²) in [7, 11) is 0. The maximum absolute atomic E-state index is 4.38. The smallest absolute Gasteiger partial charge is 0.0500 e. The molecule has 0 bridgehead atoms. The summed E-state index contributed by atoms with van der Waals surface area (Å²) < 4.78 is 0. The molecule has 0 saturated carbocycles. The van der Waals surface area contributed by atoms with Crippen LogP contribution in [-0.4, -0.2) is 35.9 Å². The van der Waals surface area contributed by atoms with Crippen LogP contribution in [0.25, 0.3) is 0 Å². The van der Waals surface area contributed by atoms with E-state index in [0.29, 0.717) is 11.4 Å². The Labute approximate surface area is 68.4 Å². The van der Waals surface area contributed by atoms with Crippen LogP contribution in [0, 0.1) is 0 Å². The zero-order chi connectivity index (χ0) is 7.56.